The second kappa shape index (κ2) is 7.88. The van der Waals surface area contributed by atoms with Gasteiger partial charge in [0.05, 0.1) is 12.8 Å². The van der Waals surface area contributed by atoms with Crippen molar-refractivity contribution in [2.45, 2.75) is 26.3 Å². The molecule has 0 aliphatic carbocycles. The summed E-state index contributed by atoms with van der Waals surface area (Å²) in [6.07, 6.45) is 4.01. The Balaban J connectivity index is 1.56. The van der Waals surface area contributed by atoms with E-state index in [0.29, 0.717) is 5.76 Å². The van der Waals surface area contributed by atoms with Gasteiger partial charge in [-0.25, -0.2) is 0 Å². The summed E-state index contributed by atoms with van der Waals surface area (Å²) in [4.78, 5) is 27.8. The number of anilines is 2. The zero-order valence-electron chi connectivity index (χ0n) is 14.4. The molecule has 0 spiro atoms. The number of hydrogen-bond acceptors (Lipinski definition) is 4. The molecule has 0 bridgehead atoms. The molecular formula is C19H23N3O3. The summed E-state index contributed by atoms with van der Waals surface area (Å²) in [5, 5.41) is 2.84. The largest absolute Gasteiger partial charge is 0.467 e. The second-order valence-corrected chi connectivity index (χ2v) is 6.24. The number of rotatable bonds is 6. The van der Waals surface area contributed by atoms with Crippen molar-refractivity contribution in [2.75, 3.05) is 29.9 Å². The fourth-order valence-electron chi connectivity index (χ4n) is 2.97. The number of benzene rings is 1. The summed E-state index contributed by atoms with van der Waals surface area (Å²) < 4.78 is 5.25. The van der Waals surface area contributed by atoms with Gasteiger partial charge in [0.15, 0.2) is 0 Å². The van der Waals surface area contributed by atoms with Crippen LogP contribution < -0.4 is 10.2 Å². The highest BCUT2D eigenvalue weighted by Crippen LogP contribution is 2.22. The highest BCUT2D eigenvalue weighted by molar-refractivity contribution is 5.94. The predicted octanol–water partition coefficient (Wildman–Crippen LogP) is 2.87. The summed E-state index contributed by atoms with van der Waals surface area (Å²) in [5.74, 6) is 0.254. The predicted molar refractivity (Wildman–Crippen MR) is 96.3 cm³/mol. The topological polar surface area (TPSA) is 65.8 Å². The van der Waals surface area contributed by atoms with Crippen LogP contribution in [0.15, 0.2) is 47.1 Å². The van der Waals surface area contributed by atoms with Crippen LogP contribution in [0, 0.1) is 0 Å². The third kappa shape index (κ3) is 4.62. The van der Waals surface area contributed by atoms with Gasteiger partial charge in [0.2, 0.25) is 11.8 Å². The third-order valence-corrected chi connectivity index (χ3v) is 4.33. The van der Waals surface area contributed by atoms with Gasteiger partial charge >= 0.3 is 0 Å². The average Bonchev–Trinajstić information content (AvgIpc) is 3.28. The minimum Gasteiger partial charge on any atom is -0.467 e. The van der Waals surface area contributed by atoms with Crippen molar-refractivity contribution < 1.29 is 14.0 Å². The van der Waals surface area contributed by atoms with Gasteiger partial charge in [0.1, 0.15) is 12.3 Å². The molecule has 1 aliphatic rings. The molecule has 6 heteroatoms. The molecule has 132 valence electrons. The van der Waals surface area contributed by atoms with Crippen LogP contribution >= 0.6 is 0 Å². The van der Waals surface area contributed by atoms with Crippen molar-refractivity contribution in [3.8, 4) is 0 Å². The summed E-state index contributed by atoms with van der Waals surface area (Å²) in [6, 6.07) is 11.4. The fraction of sp³-hybridized carbons (Fsp3) is 0.368. The number of nitrogens with one attached hydrogen (secondary N) is 1. The molecule has 1 saturated heterocycles. The lowest BCUT2D eigenvalue weighted by molar-refractivity contribution is -0.133. The lowest BCUT2D eigenvalue weighted by Crippen LogP contribution is -2.36. The first-order chi connectivity index (χ1) is 12.1. The van der Waals surface area contributed by atoms with Gasteiger partial charge in [-0.3, -0.25) is 9.59 Å². The molecule has 25 heavy (non-hydrogen) atoms. The van der Waals surface area contributed by atoms with Crippen LogP contribution in [0.5, 0.6) is 0 Å². The van der Waals surface area contributed by atoms with Crippen molar-refractivity contribution in [1.82, 2.24) is 4.90 Å². The molecule has 2 aromatic rings. The minimum atomic E-state index is -0.226. The van der Waals surface area contributed by atoms with Gasteiger partial charge < -0.3 is 19.5 Å². The number of furan rings is 1. The zero-order chi connectivity index (χ0) is 17.6. The molecule has 1 N–H and O–H groups in total. The second-order valence-electron chi connectivity index (χ2n) is 6.24. The maximum atomic E-state index is 12.3. The Hall–Kier alpha value is -2.76. The quantitative estimate of drug-likeness (QED) is 0.877. The molecule has 3 rings (SSSR count). The minimum absolute atomic E-state index is 0.0100. The molecule has 1 fully saturated rings. The average molecular weight is 341 g/mol. The van der Waals surface area contributed by atoms with E-state index in [-0.39, 0.29) is 24.9 Å². The molecular weight excluding hydrogens is 318 g/mol. The Kier molecular flexibility index (Phi) is 5.38. The van der Waals surface area contributed by atoms with Crippen molar-refractivity contribution in [3.63, 3.8) is 0 Å². The van der Waals surface area contributed by atoms with E-state index < -0.39 is 0 Å². The maximum Gasteiger partial charge on any atom is 0.244 e. The zero-order valence-corrected chi connectivity index (χ0v) is 14.4. The molecule has 2 amide bonds. The van der Waals surface area contributed by atoms with E-state index in [1.165, 1.54) is 30.4 Å². The molecule has 0 unspecified atom stereocenters. The molecule has 0 atom stereocenters. The standard InChI is InChI=1S/C19H23N3O3/c1-15(23)22(13-18-5-4-12-25-18)14-19(24)20-16-6-8-17(9-7-16)21-10-2-3-11-21/h4-9,12H,2-3,10-11,13-14H2,1H3,(H,20,24). The van der Waals surface area contributed by atoms with Crippen LogP contribution in [0.2, 0.25) is 0 Å². The summed E-state index contributed by atoms with van der Waals surface area (Å²) in [6.45, 7) is 3.90. The van der Waals surface area contributed by atoms with Gasteiger partial charge in [-0.2, -0.15) is 0 Å². The van der Waals surface area contributed by atoms with Crippen molar-refractivity contribution in [3.05, 3.63) is 48.4 Å². The molecule has 1 aromatic heterocycles. The lowest BCUT2D eigenvalue weighted by atomic mass is 10.2. The lowest BCUT2D eigenvalue weighted by Gasteiger charge is -2.20. The number of carbonyl (C=O) groups is 2. The highest BCUT2D eigenvalue weighted by atomic mass is 16.3. The van der Waals surface area contributed by atoms with Gasteiger partial charge in [-0.05, 0) is 49.2 Å². The molecule has 0 radical (unpaired) electrons. The molecule has 0 saturated carbocycles. The van der Waals surface area contributed by atoms with Crippen molar-refractivity contribution in [2.24, 2.45) is 0 Å². The normalized spacial score (nSPS) is 13.7. The first-order valence-corrected chi connectivity index (χ1v) is 8.54. The van der Waals surface area contributed by atoms with Crippen LogP contribution in [0.25, 0.3) is 0 Å². The molecule has 1 aliphatic heterocycles. The van der Waals surface area contributed by atoms with Gasteiger partial charge in [-0.15, -0.1) is 0 Å². The van der Waals surface area contributed by atoms with E-state index >= 15 is 0 Å². The first-order valence-electron chi connectivity index (χ1n) is 8.54. The third-order valence-electron chi connectivity index (χ3n) is 4.33. The number of amides is 2. The van der Waals surface area contributed by atoms with Crippen LogP contribution in [0.4, 0.5) is 11.4 Å². The van der Waals surface area contributed by atoms with E-state index in [1.54, 1.807) is 18.4 Å². The molecule has 1 aromatic carbocycles. The Bertz CT molecular complexity index is 704. The van der Waals surface area contributed by atoms with Gasteiger partial charge in [0.25, 0.3) is 0 Å². The summed E-state index contributed by atoms with van der Waals surface area (Å²) in [5.41, 5.74) is 1.91. The smallest absolute Gasteiger partial charge is 0.244 e. The number of carbonyl (C=O) groups excluding carboxylic acids is 2. The summed E-state index contributed by atoms with van der Waals surface area (Å²) >= 11 is 0. The highest BCUT2D eigenvalue weighted by Gasteiger charge is 2.16. The van der Waals surface area contributed by atoms with Crippen LogP contribution in [-0.2, 0) is 16.1 Å². The van der Waals surface area contributed by atoms with Crippen LogP contribution in [-0.4, -0.2) is 36.3 Å². The molecule has 2 heterocycles. The number of hydrogen-bond donors (Lipinski definition) is 1. The van der Waals surface area contributed by atoms with E-state index in [0.717, 1.165) is 18.8 Å². The monoisotopic (exact) mass is 341 g/mol. The van der Waals surface area contributed by atoms with Crippen LogP contribution in [0.1, 0.15) is 25.5 Å². The number of nitrogens with zero attached hydrogens (tertiary/aromatic N) is 2. The van der Waals surface area contributed by atoms with E-state index in [9.17, 15) is 9.59 Å². The maximum absolute atomic E-state index is 12.3. The van der Waals surface area contributed by atoms with Gasteiger partial charge in [-0.1, -0.05) is 0 Å². The van der Waals surface area contributed by atoms with E-state index in [2.05, 4.69) is 10.2 Å². The van der Waals surface area contributed by atoms with E-state index in [1.807, 2.05) is 24.3 Å². The Morgan fingerprint density at radius 2 is 1.88 bits per heavy atom. The fourth-order valence-corrected chi connectivity index (χ4v) is 2.97. The van der Waals surface area contributed by atoms with E-state index in [4.69, 9.17) is 4.42 Å². The Labute approximate surface area is 147 Å². The Morgan fingerprint density at radius 3 is 2.48 bits per heavy atom. The van der Waals surface area contributed by atoms with Crippen LogP contribution in [0.3, 0.4) is 0 Å². The Morgan fingerprint density at radius 1 is 1.16 bits per heavy atom. The van der Waals surface area contributed by atoms with Crippen molar-refractivity contribution in [1.29, 1.82) is 0 Å². The molecule has 6 nitrogen and oxygen atoms in total. The van der Waals surface area contributed by atoms with Crippen molar-refractivity contribution >= 4 is 23.2 Å². The van der Waals surface area contributed by atoms with Gasteiger partial charge in [0, 0.05) is 31.4 Å². The summed E-state index contributed by atoms with van der Waals surface area (Å²) in [7, 11) is 0. The SMILES string of the molecule is CC(=O)N(CC(=O)Nc1ccc(N2CCCC2)cc1)Cc1ccco1. The first kappa shape index (κ1) is 17.1.